The number of fused-ring (bicyclic) bond motifs is 1. The lowest BCUT2D eigenvalue weighted by atomic mass is 9.96. The number of aromatic nitrogens is 1. The molecule has 1 aromatic heterocycles. The van der Waals surface area contributed by atoms with Gasteiger partial charge in [-0.1, -0.05) is 12.5 Å². The number of aliphatic carboxylic acids is 1. The third-order valence-electron chi connectivity index (χ3n) is 5.99. The standard InChI is InChI=1S/C25H28FNO3/c1-2-27-13-12-19-16-18(9-10-23(19)27)21-14-17(8-11-24(28)29)15-22(26)25(21)30-20-6-4-3-5-7-20/h9-10,12-16,20H,2-8,11H2,1H3,(H,28,29). The largest absolute Gasteiger partial charge is 0.487 e. The van der Waals surface area contributed by atoms with Gasteiger partial charge in [0.05, 0.1) is 6.10 Å². The van der Waals surface area contributed by atoms with Crippen molar-refractivity contribution in [2.24, 2.45) is 0 Å². The molecule has 0 unspecified atom stereocenters. The highest BCUT2D eigenvalue weighted by Gasteiger charge is 2.21. The Morgan fingerprint density at radius 1 is 1.17 bits per heavy atom. The Morgan fingerprint density at radius 3 is 2.70 bits per heavy atom. The van der Waals surface area contributed by atoms with E-state index in [0.29, 0.717) is 11.1 Å². The van der Waals surface area contributed by atoms with E-state index in [4.69, 9.17) is 9.84 Å². The minimum Gasteiger partial charge on any atom is -0.487 e. The zero-order valence-corrected chi connectivity index (χ0v) is 17.4. The molecule has 4 nitrogen and oxygen atoms in total. The minimum absolute atomic E-state index is 0.0277. The van der Waals surface area contributed by atoms with Crippen LogP contribution in [0.3, 0.4) is 0 Å². The van der Waals surface area contributed by atoms with Crippen molar-refractivity contribution < 1.29 is 19.0 Å². The highest BCUT2D eigenvalue weighted by atomic mass is 19.1. The molecule has 30 heavy (non-hydrogen) atoms. The van der Waals surface area contributed by atoms with Crippen LogP contribution in [-0.4, -0.2) is 21.7 Å². The van der Waals surface area contributed by atoms with Gasteiger partial charge in [0.15, 0.2) is 11.6 Å². The molecule has 1 fully saturated rings. The van der Waals surface area contributed by atoms with E-state index in [9.17, 15) is 4.79 Å². The number of halogens is 1. The number of rotatable bonds is 7. The van der Waals surface area contributed by atoms with Crippen molar-refractivity contribution >= 4 is 16.9 Å². The molecule has 4 rings (SSSR count). The summed E-state index contributed by atoms with van der Waals surface area (Å²) in [5.41, 5.74) is 3.40. The number of benzene rings is 2. The molecule has 0 aliphatic heterocycles. The second-order valence-electron chi connectivity index (χ2n) is 8.10. The zero-order chi connectivity index (χ0) is 21.1. The van der Waals surface area contributed by atoms with E-state index < -0.39 is 11.8 Å². The first-order chi connectivity index (χ1) is 14.5. The summed E-state index contributed by atoms with van der Waals surface area (Å²) in [6.07, 6.45) is 7.64. The van der Waals surface area contributed by atoms with Crippen LogP contribution in [0.25, 0.3) is 22.0 Å². The van der Waals surface area contributed by atoms with Crippen LogP contribution in [0.4, 0.5) is 4.39 Å². The highest BCUT2D eigenvalue weighted by Crippen LogP contribution is 2.38. The molecule has 1 saturated carbocycles. The van der Waals surface area contributed by atoms with E-state index in [1.54, 1.807) is 0 Å². The third kappa shape index (κ3) is 4.35. The van der Waals surface area contributed by atoms with Crippen LogP contribution in [0.2, 0.25) is 0 Å². The SMILES string of the molecule is CCn1ccc2cc(-c3cc(CCC(=O)O)cc(F)c3OC3CCCCC3)ccc21. The minimum atomic E-state index is -0.887. The maximum atomic E-state index is 15.2. The van der Waals surface area contributed by atoms with Gasteiger partial charge in [0.25, 0.3) is 0 Å². The molecule has 158 valence electrons. The predicted octanol–water partition coefficient (Wildman–Crippen LogP) is 6.20. The Bertz CT molecular complexity index is 1050. The molecule has 1 N–H and O–H groups in total. The van der Waals surface area contributed by atoms with Crippen molar-refractivity contribution in [2.75, 3.05) is 0 Å². The van der Waals surface area contributed by atoms with Gasteiger partial charge >= 0.3 is 5.97 Å². The van der Waals surface area contributed by atoms with Gasteiger partial charge in [-0.3, -0.25) is 4.79 Å². The quantitative estimate of drug-likeness (QED) is 0.506. The van der Waals surface area contributed by atoms with E-state index in [0.717, 1.165) is 48.7 Å². The molecule has 5 heteroatoms. The molecule has 3 aromatic rings. The number of carboxylic acids is 1. The Morgan fingerprint density at radius 2 is 1.97 bits per heavy atom. The average Bonchev–Trinajstić information content (AvgIpc) is 3.17. The van der Waals surface area contributed by atoms with E-state index >= 15 is 4.39 Å². The van der Waals surface area contributed by atoms with Gasteiger partial charge in [-0.2, -0.15) is 0 Å². The summed E-state index contributed by atoms with van der Waals surface area (Å²) >= 11 is 0. The maximum Gasteiger partial charge on any atom is 0.303 e. The second-order valence-corrected chi connectivity index (χ2v) is 8.10. The monoisotopic (exact) mass is 409 g/mol. The Hall–Kier alpha value is -2.82. The number of hydrogen-bond donors (Lipinski definition) is 1. The van der Waals surface area contributed by atoms with Crippen LogP contribution >= 0.6 is 0 Å². The molecule has 1 aliphatic rings. The summed E-state index contributed by atoms with van der Waals surface area (Å²) in [5.74, 6) is -1.01. The van der Waals surface area contributed by atoms with Crippen LogP contribution in [0.15, 0.2) is 42.6 Å². The maximum absolute atomic E-state index is 15.2. The highest BCUT2D eigenvalue weighted by molar-refractivity contribution is 5.87. The number of ether oxygens (including phenoxy) is 1. The fourth-order valence-corrected chi connectivity index (χ4v) is 4.37. The zero-order valence-electron chi connectivity index (χ0n) is 17.4. The predicted molar refractivity (Wildman–Crippen MR) is 116 cm³/mol. The molecular formula is C25H28FNO3. The number of nitrogens with zero attached hydrogens (tertiary/aromatic N) is 1. The second kappa shape index (κ2) is 8.90. The fourth-order valence-electron chi connectivity index (χ4n) is 4.37. The lowest BCUT2D eigenvalue weighted by molar-refractivity contribution is -0.136. The molecule has 0 bridgehead atoms. The first kappa shape index (κ1) is 20.5. The van der Waals surface area contributed by atoms with E-state index in [1.807, 2.05) is 12.1 Å². The van der Waals surface area contributed by atoms with Crippen molar-refractivity contribution in [3.05, 3.63) is 54.0 Å². The average molecular weight is 410 g/mol. The molecule has 0 amide bonds. The van der Waals surface area contributed by atoms with E-state index in [1.165, 1.54) is 12.5 Å². The number of aryl methyl sites for hydroxylation is 2. The summed E-state index contributed by atoms with van der Waals surface area (Å²) in [4.78, 5) is 11.0. The number of hydrogen-bond acceptors (Lipinski definition) is 2. The lowest BCUT2D eigenvalue weighted by Crippen LogP contribution is -2.20. The van der Waals surface area contributed by atoms with E-state index in [-0.39, 0.29) is 24.7 Å². The van der Waals surface area contributed by atoms with Gasteiger partial charge in [-0.15, -0.1) is 0 Å². The number of carbonyl (C=O) groups is 1. The van der Waals surface area contributed by atoms with Gasteiger partial charge in [0.1, 0.15) is 0 Å². The van der Waals surface area contributed by atoms with Crippen LogP contribution in [0.1, 0.15) is 51.0 Å². The van der Waals surface area contributed by atoms with E-state index in [2.05, 4.69) is 35.9 Å². The van der Waals surface area contributed by atoms with Gasteiger partial charge in [-0.05, 0) is 80.5 Å². The summed E-state index contributed by atoms with van der Waals surface area (Å²) in [6.45, 7) is 2.99. The van der Waals surface area contributed by atoms with Crippen molar-refractivity contribution in [2.45, 2.75) is 64.5 Å². The first-order valence-corrected chi connectivity index (χ1v) is 10.9. The molecule has 1 heterocycles. The van der Waals surface area contributed by atoms with Gasteiger partial charge in [-0.25, -0.2) is 4.39 Å². The summed E-state index contributed by atoms with van der Waals surface area (Å²) in [5, 5.41) is 10.1. The first-order valence-electron chi connectivity index (χ1n) is 10.9. The Balaban J connectivity index is 1.76. The summed E-state index contributed by atoms with van der Waals surface area (Å²) in [6, 6.07) is 11.5. The normalized spacial score (nSPS) is 14.9. The Labute approximate surface area is 176 Å². The summed E-state index contributed by atoms with van der Waals surface area (Å²) in [7, 11) is 0. The molecule has 0 atom stereocenters. The summed E-state index contributed by atoms with van der Waals surface area (Å²) < 4.78 is 23.5. The van der Waals surface area contributed by atoms with Crippen molar-refractivity contribution in [1.29, 1.82) is 0 Å². The molecule has 0 radical (unpaired) electrons. The topological polar surface area (TPSA) is 51.5 Å². The number of carboxylic acid groups (broad SMARTS) is 1. The molecule has 2 aromatic carbocycles. The fraction of sp³-hybridized carbons (Fsp3) is 0.400. The molecular weight excluding hydrogens is 381 g/mol. The molecule has 1 aliphatic carbocycles. The van der Waals surface area contributed by atoms with Gasteiger partial charge < -0.3 is 14.4 Å². The van der Waals surface area contributed by atoms with Crippen molar-refractivity contribution in [3.63, 3.8) is 0 Å². The van der Waals surface area contributed by atoms with Crippen LogP contribution < -0.4 is 4.74 Å². The van der Waals surface area contributed by atoms with Crippen LogP contribution in [0, 0.1) is 5.82 Å². The van der Waals surface area contributed by atoms with Crippen LogP contribution in [0.5, 0.6) is 5.75 Å². The van der Waals surface area contributed by atoms with Crippen LogP contribution in [-0.2, 0) is 17.8 Å². The van der Waals surface area contributed by atoms with Crippen molar-refractivity contribution in [3.8, 4) is 16.9 Å². The van der Waals surface area contributed by atoms with Crippen molar-refractivity contribution in [1.82, 2.24) is 4.57 Å². The lowest BCUT2D eigenvalue weighted by Gasteiger charge is -2.25. The smallest absolute Gasteiger partial charge is 0.303 e. The third-order valence-corrected chi connectivity index (χ3v) is 5.99. The molecule has 0 spiro atoms. The van der Waals surface area contributed by atoms with Gasteiger partial charge in [0, 0.05) is 35.6 Å². The van der Waals surface area contributed by atoms with Gasteiger partial charge in [0.2, 0.25) is 0 Å². The Kier molecular flexibility index (Phi) is 6.07. The molecule has 0 saturated heterocycles.